The smallest absolute Gasteiger partial charge is 0.0451 e. The lowest BCUT2D eigenvalue weighted by Crippen LogP contribution is -2.42. The summed E-state index contributed by atoms with van der Waals surface area (Å²) in [6.45, 7) is 6.73. The van der Waals surface area contributed by atoms with Gasteiger partial charge in [0.25, 0.3) is 0 Å². The minimum atomic E-state index is 0.600. The van der Waals surface area contributed by atoms with Gasteiger partial charge in [-0.3, -0.25) is 0 Å². The average Bonchev–Trinajstić information content (AvgIpc) is 2.47. The molecule has 1 aromatic rings. The minimum absolute atomic E-state index is 0.600. The molecule has 0 bridgehead atoms. The Morgan fingerprint density at radius 1 is 1.25 bits per heavy atom. The molecule has 4 heteroatoms. The first-order valence-electron chi connectivity index (χ1n) is 7.58. The molecule has 2 nitrogen and oxygen atoms in total. The molecule has 0 unspecified atom stereocenters. The van der Waals surface area contributed by atoms with Crippen LogP contribution in [0.5, 0.6) is 0 Å². The van der Waals surface area contributed by atoms with Crippen LogP contribution in [0.1, 0.15) is 38.2 Å². The lowest BCUT2D eigenvalue weighted by atomic mass is 10.0. The van der Waals surface area contributed by atoms with Gasteiger partial charge in [0.1, 0.15) is 0 Å². The summed E-state index contributed by atoms with van der Waals surface area (Å²) in [5.41, 5.74) is 1.09. The van der Waals surface area contributed by atoms with Crippen LogP contribution in [0.3, 0.4) is 0 Å². The molecule has 1 N–H and O–H groups in total. The molecule has 2 rings (SSSR count). The van der Waals surface area contributed by atoms with Crippen molar-refractivity contribution < 1.29 is 0 Å². The predicted molar refractivity (Wildman–Crippen MR) is 87.7 cm³/mol. The Bertz CT molecular complexity index is 415. The second-order valence-electron chi connectivity index (χ2n) is 5.59. The first-order chi connectivity index (χ1) is 9.69. The van der Waals surface area contributed by atoms with Gasteiger partial charge in [0.2, 0.25) is 0 Å². The van der Waals surface area contributed by atoms with Crippen molar-refractivity contribution >= 4 is 23.2 Å². The van der Waals surface area contributed by atoms with E-state index < -0.39 is 0 Å². The first kappa shape index (κ1) is 16.1. The van der Waals surface area contributed by atoms with E-state index in [0.717, 1.165) is 22.2 Å². The van der Waals surface area contributed by atoms with Gasteiger partial charge in [0, 0.05) is 22.6 Å². The number of nitrogens with one attached hydrogen (secondary N) is 1. The van der Waals surface area contributed by atoms with E-state index in [-0.39, 0.29) is 0 Å². The molecule has 0 amide bonds. The van der Waals surface area contributed by atoms with Crippen molar-refractivity contribution in [2.45, 2.75) is 45.2 Å². The van der Waals surface area contributed by atoms with Crippen LogP contribution >= 0.6 is 23.2 Å². The van der Waals surface area contributed by atoms with Crippen LogP contribution in [0.2, 0.25) is 10.0 Å². The first-order valence-corrected chi connectivity index (χ1v) is 8.34. The van der Waals surface area contributed by atoms with Gasteiger partial charge in [-0.1, -0.05) is 36.5 Å². The van der Waals surface area contributed by atoms with Crippen molar-refractivity contribution in [3.8, 4) is 0 Å². The third-order valence-electron chi connectivity index (χ3n) is 4.00. The second kappa shape index (κ2) is 8.23. The zero-order valence-corrected chi connectivity index (χ0v) is 13.7. The van der Waals surface area contributed by atoms with Gasteiger partial charge in [0.15, 0.2) is 0 Å². The molecule has 1 aliphatic rings. The highest BCUT2D eigenvalue weighted by Gasteiger charge is 2.18. The third kappa shape index (κ3) is 4.92. The van der Waals surface area contributed by atoms with Crippen molar-refractivity contribution in [1.82, 2.24) is 10.2 Å². The predicted octanol–water partition coefficient (Wildman–Crippen LogP) is 4.35. The molecule has 1 heterocycles. The number of unbranched alkanes of at least 4 members (excludes halogenated alkanes) is 1. The Kier molecular flexibility index (Phi) is 6.63. The van der Waals surface area contributed by atoms with Crippen molar-refractivity contribution in [1.29, 1.82) is 0 Å². The maximum atomic E-state index is 6.19. The monoisotopic (exact) mass is 314 g/mol. The maximum Gasteiger partial charge on any atom is 0.0451 e. The van der Waals surface area contributed by atoms with Gasteiger partial charge in [-0.25, -0.2) is 0 Å². The van der Waals surface area contributed by atoms with Gasteiger partial charge in [-0.05, 0) is 62.7 Å². The zero-order valence-electron chi connectivity index (χ0n) is 12.2. The van der Waals surface area contributed by atoms with Gasteiger partial charge in [-0.2, -0.15) is 0 Å². The Labute approximate surface area is 132 Å². The van der Waals surface area contributed by atoms with Gasteiger partial charge in [-0.15, -0.1) is 0 Å². The summed E-state index contributed by atoms with van der Waals surface area (Å²) in [5, 5.41) is 5.16. The molecule has 112 valence electrons. The second-order valence-corrected chi connectivity index (χ2v) is 6.43. The molecule has 1 aliphatic heterocycles. The molecule has 0 aliphatic carbocycles. The molecule has 1 aromatic carbocycles. The molecule has 0 atom stereocenters. The lowest BCUT2D eigenvalue weighted by molar-refractivity contribution is 0.195. The fourth-order valence-electron chi connectivity index (χ4n) is 2.68. The van der Waals surface area contributed by atoms with Crippen molar-refractivity contribution in [3.05, 3.63) is 33.8 Å². The number of benzene rings is 1. The summed E-state index contributed by atoms with van der Waals surface area (Å²) >= 11 is 12.2. The van der Waals surface area contributed by atoms with Crippen LogP contribution in [0.15, 0.2) is 18.2 Å². The number of hydrogen-bond donors (Lipinski definition) is 1. The Morgan fingerprint density at radius 3 is 2.70 bits per heavy atom. The number of hydrogen-bond acceptors (Lipinski definition) is 2. The van der Waals surface area contributed by atoms with E-state index in [0.29, 0.717) is 6.04 Å². The third-order valence-corrected chi connectivity index (χ3v) is 4.61. The van der Waals surface area contributed by atoms with Crippen LogP contribution in [0.25, 0.3) is 0 Å². The number of rotatable bonds is 6. The summed E-state index contributed by atoms with van der Waals surface area (Å²) < 4.78 is 0. The SMILES string of the molecule is CCCCN1CCC(NCc2cc(Cl)ccc2Cl)CC1. The highest BCUT2D eigenvalue weighted by Crippen LogP contribution is 2.21. The quantitative estimate of drug-likeness (QED) is 0.840. The van der Waals surface area contributed by atoms with Crippen LogP contribution in [0.4, 0.5) is 0 Å². The topological polar surface area (TPSA) is 15.3 Å². The molecular weight excluding hydrogens is 291 g/mol. The molecule has 0 saturated carbocycles. The highest BCUT2D eigenvalue weighted by molar-refractivity contribution is 6.33. The summed E-state index contributed by atoms with van der Waals surface area (Å²) in [6.07, 6.45) is 5.05. The van der Waals surface area contributed by atoms with E-state index in [1.165, 1.54) is 45.3 Å². The van der Waals surface area contributed by atoms with Gasteiger partial charge < -0.3 is 10.2 Å². The normalized spacial score (nSPS) is 17.6. The van der Waals surface area contributed by atoms with Crippen LogP contribution in [-0.2, 0) is 6.54 Å². The summed E-state index contributed by atoms with van der Waals surface area (Å²) in [5.74, 6) is 0. The minimum Gasteiger partial charge on any atom is -0.310 e. The van der Waals surface area contributed by atoms with E-state index in [9.17, 15) is 0 Å². The Morgan fingerprint density at radius 2 is 2.00 bits per heavy atom. The number of piperidine rings is 1. The summed E-state index contributed by atoms with van der Waals surface area (Å²) in [7, 11) is 0. The van der Waals surface area contributed by atoms with Crippen LogP contribution in [0, 0.1) is 0 Å². The van der Waals surface area contributed by atoms with Crippen molar-refractivity contribution in [3.63, 3.8) is 0 Å². The van der Waals surface area contributed by atoms with Crippen molar-refractivity contribution in [2.24, 2.45) is 0 Å². The van der Waals surface area contributed by atoms with E-state index in [1.54, 1.807) is 0 Å². The number of nitrogens with zero attached hydrogens (tertiary/aromatic N) is 1. The van der Waals surface area contributed by atoms with Crippen LogP contribution < -0.4 is 5.32 Å². The van der Waals surface area contributed by atoms with E-state index in [2.05, 4.69) is 17.1 Å². The van der Waals surface area contributed by atoms with Crippen molar-refractivity contribution in [2.75, 3.05) is 19.6 Å². The maximum absolute atomic E-state index is 6.19. The summed E-state index contributed by atoms with van der Waals surface area (Å²) in [6, 6.07) is 6.25. The van der Waals surface area contributed by atoms with Gasteiger partial charge in [0.05, 0.1) is 0 Å². The fraction of sp³-hybridized carbons (Fsp3) is 0.625. The van der Waals surface area contributed by atoms with E-state index in [1.807, 2.05) is 18.2 Å². The Balaban J connectivity index is 1.74. The summed E-state index contributed by atoms with van der Waals surface area (Å²) in [4.78, 5) is 2.58. The molecule has 0 radical (unpaired) electrons. The molecular formula is C16H24Cl2N2. The number of likely N-dealkylation sites (tertiary alicyclic amines) is 1. The largest absolute Gasteiger partial charge is 0.310 e. The van der Waals surface area contributed by atoms with Crippen LogP contribution in [-0.4, -0.2) is 30.6 Å². The molecule has 0 aromatic heterocycles. The number of halogens is 2. The zero-order chi connectivity index (χ0) is 14.4. The molecule has 0 spiro atoms. The van der Waals surface area contributed by atoms with Gasteiger partial charge >= 0.3 is 0 Å². The highest BCUT2D eigenvalue weighted by atomic mass is 35.5. The average molecular weight is 315 g/mol. The molecule has 1 fully saturated rings. The molecule has 1 saturated heterocycles. The fourth-order valence-corrected chi connectivity index (χ4v) is 3.05. The molecule has 20 heavy (non-hydrogen) atoms. The standard InChI is InChI=1S/C16H24Cl2N2/c1-2-3-8-20-9-6-15(7-10-20)19-12-13-11-14(17)4-5-16(13)18/h4-5,11,15,19H,2-3,6-10,12H2,1H3. The lowest BCUT2D eigenvalue weighted by Gasteiger charge is -2.32. The van der Waals surface area contributed by atoms with E-state index >= 15 is 0 Å². The Hall–Kier alpha value is -0.280. The van der Waals surface area contributed by atoms with E-state index in [4.69, 9.17) is 23.2 Å².